The van der Waals surface area contributed by atoms with Crippen LogP contribution in [-0.2, 0) is 6.42 Å². The SMILES string of the molecule is CCCC(C)(N)Cc1ccc(Cl)cc1[N+](=O)[O-]. The number of nitro benzene ring substituents is 1. The minimum absolute atomic E-state index is 0.0466. The van der Waals surface area contributed by atoms with Gasteiger partial charge in [-0.3, -0.25) is 10.1 Å². The summed E-state index contributed by atoms with van der Waals surface area (Å²) in [6, 6.07) is 4.71. The van der Waals surface area contributed by atoms with E-state index in [1.165, 1.54) is 6.07 Å². The second-order valence-electron chi connectivity index (χ2n) is 4.61. The average molecular weight is 257 g/mol. The first-order valence-electron chi connectivity index (χ1n) is 5.57. The van der Waals surface area contributed by atoms with E-state index in [1.54, 1.807) is 12.1 Å². The highest BCUT2D eigenvalue weighted by molar-refractivity contribution is 6.30. The third kappa shape index (κ3) is 3.98. The van der Waals surface area contributed by atoms with Crippen LogP contribution in [0.25, 0.3) is 0 Å². The summed E-state index contributed by atoms with van der Waals surface area (Å²) in [5.74, 6) is 0. The Labute approximate surface area is 106 Å². The number of nitro groups is 1. The summed E-state index contributed by atoms with van der Waals surface area (Å²) in [6.07, 6.45) is 2.26. The largest absolute Gasteiger partial charge is 0.325 e. The Balaban J connectivity index is 3.02. The molecule has 0 saturated carbocycles. The van der Waals surface area contributed by atoms with E-state index in [0.717, 1.165) is 12.8 Å². The van der Waals surface area contributed by atoms with Crippen LogP contribution in [-0.4, -0.2) is 10.5 Å². The van der Waals surface area contributed by atoms with Crippen molar-refractivity contribution < 1.29 is 4.92 Å². The first kappa shape index (κ1) is 13.9. The number of benzene rings is 1. The third-order valence-electron chi connectivity index (χ3n) is 2.66. The van der Waals surface area contributed by atoms with Gasteiger partial charge in [-0.25, -0.2) is 0 Å². The fourth-order valence-electron chi connectivity index (χ4n) is 1.95. The van der Waals surface area contributed by atoms with Gasteiger partial charge in [0.2, 0.25) is 0 Å². The van der Waals surface area contributed by atoms with E-state index in [2.05, 4.69) is 0 Å². The number of nitrogens with zero attached hydrogens (tertiary/aromatic N) is 1. The highest BCUT2D eigenvalue weighted by atomic mass is 35.5. The van der Waals surface area contributed by atoms with Gasteiger partial charge in [0.15, 0.2) is 0 Å². The van der Waals surface area contributed by atoms with Crippen LogP contribution < -0.4 is 5.73 Å². The first-order chi connectivity index (χ1) is 7.85. The van der Waals surface area contributed by atoms with E-state index >= 15 is 0 Å². The minimum atomic E-state index is -0.423. The molecule has 1 rings (SSSR count). The summed E-state index contributed by atoms with van der Waals surface area (Å²) in [4.78, 5) is 10.5. The van der Waals surface area contributed by atoms with Gasteiger partial charge in [-0.15, -0.1) is 0 Å². The molecule has 0 bridgehead atoms. The van der Waals surface area contributed by atoms with Crippen molar-refractivity contribution in [1.82, 2.24) is 0 Å². The van der Waals surface area contributed by atoms with E-state index in [9.17, 15) is 10.1 Å². The molecule has 0 aromatic heterocycles. The molecule has 0 aliphatic heterocycles. The molecule has 1 unspecified atom stereocenters. The molecule has 0 heterocycles. The maximum absolute atomic E-state index is 10.9. The van der Waals surface area contributed by atoms with Gasteiger partial charge < -0.3 is 5.73 Å². The standard InChI is InChI=1S/C12H17ClN2O2/c1-3-6-12(2,14)8-9-4-5-10(13)7-11(9)15(16)17/h4-5,7H,3,6,8,14H2,1-2H3. The fraction of sp³-hybridized carbons (Fsp3) is 0.500. The van der Waals surface area contributed by atoms with Crippen LogP contribution in [0.5, 0.6) is 0 Å². The average Bonchev–Trinajstić information content (AvgIpc) is 2.20. The molecule has 0 radical (unpaired) electrons. The van der Waals surface area contributed by atoms with Crippen LogP contribution in [0.15, 0.2) is 18.2 Å². The molecule has 0 aliphatic carbocycles. The predicted molar refractivity (Wildman–Crippen MR) is 69.3 cm³/mol. The van der Waals surface area contributed by atoms with Gasteiger partial charge in [-0.2, -0.15) is 0 Å². The zero-order chi connectivity index (χ0) is 13.1. The van der Waals surface area contributed by atoms with Crippen LogP contribution >= 0.6 is 11.6 Å². The molecule has 0 amide bonds. The molecule has 4 nitrogen and oxygen atoms in total. The predicted octanol–water partition coefficient (Wildman–Crippen LogP) is 3.31. The molecule has 0 saturated heterocycles. The Hall–Kier alpha value is -1.13. The summed E-state index contributed by atoms with van der Waals surface area (Å²) in [5, 5.41) is 11.3. The van der Waals surface area contributed by atoms with Gasteiger partial charge in [0.1, 0.15) is 0 Å². The zero-order valence-corrected chi connectivity index (χ0v) is 10.8. The number of rotatable bonds is 5. The van der Waals surface area contributed by atoms with Gasteiger partial charge in [-0.1, -0.05) is 31.0 Å². The van der Waals surface area contributed by atoms with Gasteiger partial charge in [0.25, 0.3) is 5.69 Å². The summed E-state index contributed by atoms with van der Waals surface area (Å²) in [6.45, 7) is 3.95. The zero-order valence-electron chi connectivity index (χ0n) is 10.1. The number of hydrogen-bond acceptors (Lipinski definition) is 3. The van der Waals surface area contributed by atoms with Crippen molar-refractivity contribution >= 4 is 17.3 Å². The molecule has 0 fully saturated rings. The lowest BCUT2D eigenvalue weighted by Gasteiger charge is -2.23. The Morgan fingerprint density at radius 3 is 2.71 bits per heavy atom. The van der Waals surface area contributed by atoms with Crippen molar-refractivity contribution in [2.75, 3.05) is 0 Å². The van der Waals surface area contributed by atoms with Gasteiger partial charge in [0, 0.05) is 22.2 Å². The van der Waals surface area contributed by atoms with Crippen molar-refractivity contribution in [3.8, 4) is 0 Å². The Kier molecular flexibility index (Phi) is 4.48. The molecular weight excluding hydrogens is 240 g/mol. The second kappa shape index (κ2) is 5.47. The van der Waals surface area contributed by atoms with Gasteiger partial charge in [0.05, 0.1) is 4.92 Å². The first-order valence-corrected chi connectivity index (χ1v) is 5.95. The fourth-order valence-corrected chi connectivity index (χ4v) is 2.12. The van der Waals surface area contributed by atoms with Crippen molar-refractivity contribution in [3.63, 3.8) is 0 Å². The van der Waals surface area contributed by atoms with Crippen molar-refractivity contribution in [2.45, 2.75) is 38.6 Å². The lowest BCUT2D eigenvalue weighted by atomic mass is 9.89. The molecule has 2 N–H and O–H groups in total. The summed E-state index contributed by atoms with van der Waals surface area (Å²) >= 11 is 5.76. The molecule has 1 atom stereocenters. The van der Waals surface area contributed by atoms with Gasteiger partial charge >= 0.3 is 0 Å². The summed E-state index contributed by atoms with van der Waals surface area (Å²) < 4.78 is 0. The van der Waals surface area contributed by atoms with Crippen molar-refractivity contribution in [2.24, 2.45) is 5.73 Å². The number of nitrogens with two attached hydrogens (primary N) is 1. The van der Waals surface area contributed by atoms with E-state index in [1.807, 2.05) is 13.8 Å². The number of hydrogen-bond donors (Lipinski definition) is 1. The molecule has 17 heavy (non-hydrogen) atoms. The molecule has 1 aromatic rings. The van der Waals surface area contributed by atoms with E-state index < -0.39 is 10.5 Å². The molecule has 0 aliphatic rings. The molecular formula is C12H17ClN2O2. The highest BCUT2D eigenvalue weighted by Crippen LogP contribution is 2.27. The highest BCUT2D eigenvalue weighted by Gasteiger charge is 2.23. The van der Waals surface area contributed by atoms with E-state index in [-0.39, 0.29) is 5.69 Å². The molecule has 1 aromatic carbocycles. The Morgan fingerprint density at radius 2 is 2.18 bits per heavy atom. The van der Waals surface area contributed by atoms with Crippen LogP contribution in [0.4, 0.5) is 5.69 Å². The van der Waals surface area contributed by atoms with E-state index in [0.29, 0.717) is 17.0 Å². The van der Waals surface area contributed by atoms with E-state index in [4.69, 9.17) is 17.3 Å². The van der Waals surface area contributed by atoms with Crippen molar-refractivity contribution in [1.29, 1.82) is 0 Å². The maximum Gasteiger partial charge on any atom is 0.274 e. The summed E-state index contributed by atoms with van der Waals surface area (Å²) in [5.41, 5.74) is 6.37. The Bertz CT molecular complexity index is 419. The lowest BCUT2D eigenvalue weighted by molar-refractivity contribution is -0.385. The lowest BCUT2D eigenvalue weighted by Crippen LogP contribution is -2.38. The smallest absolute Gasteiger partial charge is 0.274 e. The van der Waals surface area contributed by atoms with Crippen LogP contribution in [0.3, 0.4) is 0 Å². The normalized spacial score (nSPS) is 14.4. The van der Waals surface area contributed by atoms with Gasteiger partial charge in [-0.05, 0) is 25.8 Å². The molecule has 0 spiro atoms. The van der Waals surface area contributed by atoms with Crippen LogP contribution in [0.1, 0.15) is 32.3 Å². The molecule has 5 heteroatoms. The second-order valence-corrected chi connectivity index (χ2v) is 5.05. The minimum Gasteiger partial charge on any atom is -0.325 e. The van der Waals surface area contributed by atoms with Crippen LogP contribution in [0, 0.1) is 10.1 Å². The third-order valence-corrected chi connectivity index (χ3v) is 2.89. The Morgan fingerprint density at radius 1 is 1.53 bits per heavy atom. The topological polar surface area (TPSA) is 69.2 Å². The maximum atomic E-state index is 10.9. The monoisotopic (exact) mass is 256 g/mol. The number of halogens is 1. The van der Waals surface area contributed by atoms with Crippen molar-refractivity contribution in [3.05, 3.63) is 38.9 Å². The summed E-state index contributed by atoms with van der Waals surface area (Å²) in [7, 11) is 0. The van der Waals surface area contributed by atoms with Crippen LogP contribution in [0.2, 0.25) is 5.02 Å². The quantitative estimate of drug-likeness (QED) is 0.649. The molecule has 94 valence electrons.